The first-order valence-electron chi connectivity index (χ1n) is 9.30. The van der Waals surface area contributed by atoms with Gasteiger partial charge in [-0.3, -0.25) is 14.8 Å². The van der Waals surface area contributed by atoms with Crippen LogP contribution in [0.3, 0.4) is 0 Å². The van der Waals surface area contributed by atoms with Gasteiger partial charge in [-0.25, -0.2) is 18.4 Å². The van der Waals surface area contributed by atoms with Crippen LogP contribution in [-0.2, 0) is 10.0 Å². The Balaban J connectivity index is 1.80. The first-order valence-corrected chi connectivity index (χ1v) is 11.2. The fourth-order valence-corrected chi connectivity index (χ4v) is 4.40. The molecule has 4 aromatic rings. The molecule has 9 nitrogen and oxygen atoms in total. The van der Waals surface area contributed by atoms with Gasteiger partial charge in [0.05, 0.1) is 20.9 Å². The minimum atomic E-state index is -4.21. The molecule has 0 fully saturated rings. The number of sulfonamides is 1. The van der Waals surface area contributed by atoms with Crippen molar-refractivity contribution in [2.24, 2.45) is 0 Å². The molecule has 1 heterocycles. The number of para-hydroxylation sites is 2. The van der Waals surface area contributed by atoms with Gasteiger partial charge in [-0.1, -0.05) is 29.8 Å². The molecule has 11 heteroatoms. The number of fused-ring (bicyclic) bond motifs is 1. The molecular weight excluding hydrogens is 454 g/mol. The maximum absolute atomic E-state index is 13.1. The van der Waals surface area contributed by atoms with Crippen LogP contribution in [0.2, 0.25) is 5.02 Å². The largest absolute Gasteiger partial charge is 0.337 e. The van der Waals surface area contributed by atoms with Crippen LogP contribution in [-0.4, -0.2) is 23.3 Å². The van der Waals surface area contributed by atoms with Crippen molar-refractivity contribution in [3.05, 3.63) is 87.4 Å². The van der Waals surface area contributed by atoms with Crippen molar-refractivity contribution in [1.82, 2.24) is 9.97 Å². The summed E-state index contributed by atoms with van der Waals surface area (Å²) in [7, 11) is -4.21. The molecule has 0 unspecified atom stereocenters. The summed E-state index contributed by atoms with van der Waals surface area (Å²) in [6, 6.07) is 17.4. The number of hydrogen-bond donors (Lipinski definition) is 2. The topological polar surface area (TPSA) is 127 Å². The number of non-ortho nitro benzene ring substituents is 1. The van der Waals surface area contributed by atoms with Crippen molar-refractivity contribution in [2.45, 2.75) is 11.8 Å². The first-order chi connectivity index (χ1) is 15.2. The summed E-state index contributed by atoms with van der Waals surface area (Å²) >= 11 is 5.93. The summed E-state index contributed by atoms with van der Waals surface area (Å²) < 4.78 is 28.7. The maximum atomic E-state index is 13.1. The lowest BCUT2D eigenvalue weighted by molar-refractivity contribution is -0.385. The van der Waals surface area contributed by atoms with E-state index >= 15 is 0 Å². The van der Waals surface area contributed by atoms with Crippen LogP contribution in [0, 0.1) is 17.0 Å². The fourth-order valence-electron chi connectivity index (χ4n) is 3.00. The minimum absolute atomic E-state index is 0.0513. The molecule has 0 amide bonds. The van der Waals surface area contributed by atoms with Gasteiger partial charge < -0.3 is 5.32 Å². The van der Waals surface area contributed by atoms with Crippen LogP contribution in [0.25, 0.3) is 11.0 Å². The molecule has 0 spiro atoms. The van der Waals surface area contributed by atoms with Crippen molar-refractivity contribution in [3.63, 3.8) is 0 Å². The molecule has 0 saturated heterocycles. The second-order valence-corrected chi connectivity index (χ2v) is 8.94. The van der Waals surface area contributed by atoms with Crippen LogP contribution in [0.5, 0.6) is 0 Å². The summed E-state index contributed by atoms with van der Waals surface area (Å²) in [5.41, 5.74) is 1.66. The van der Waals surface area contributed by atoms with E-state index in [0.29, 0.717) is 27.3 Å². The Morgan fingerprint density at radius 1 is 0.938 bits per heavy atom. The van der Waals surface area contributed by atoms with Crippen molar-refractivity contribution >= 4 is 55.7 Å². The zero-order valence-electron chi connectivity index (χ0n) is 16.6. The Morgan fingerprint density at radius 3 is 2.19 bits per heavy atom. The summed E-state index contributed by atoms with van der Waals surface area (Å²) in [6.07, 6.45) is 0. The monoisotopic (exact) mass is 469 g/mol. The number of aryl methyl sites for hydroxylation is 1. The maximum Gasteiger partial charge on any atom is 0.270 e. The van der Waals surface area contributed by atoms with Crippen molar-refractivity contribution in [1.29, 1.82) is 0 Å². The average molecular weight is 470 g/mol. The zero-order chi connectivity index (χ0) is 22.9. The highest BCUT2D eigenvalue weighted by Crippen LogP contribution is 2.29. The summed E-state index contributed by atoms with van der Waals surface area (Å²) in [5.74, 6) is 0.113. The molecule has 0 aliphatic rings. The van der Waals surface area contributed by atoms with Gasteiger partial charge in [-0.15, -0.1) is 0 Å². The molecule has 0 saturated carbocycles. The number of nitro groups is 1. The molecule has 162 valence electrons. The van der Waals surface area contributed by atoms with E-state index in [4.69, 9.17) is 11.6 Å². The minimum Gasteiger partial charge on any atom is -0.337 e. The van der Waals surface area contributed by atoms with E-state index in [1.54, 1.807) is 55.5 Å². The van der Waals surface area contributed by atoms with Gasteiger partial charge in [0.15, 0.2) is 11.6 Å². The third-order valence-corrected chi connectivity index (χ3v) is 6.31. The predicted octanol–water partition coefficient (Wildman–Crippen LogP) is 5.04. The highest BCUT2D eigenvalue weighted by Gasteiger charge is 2.23. The average Bonchev–Trinajstić information content (AvgIpc) is 2.75. The first kappa shape index (κ1) is 21.5. The Morgan fingerprint density at radius 2 is 1.56 bits per heavy atom. The lowest BCUT2D eigenvalue weighted by Crippen LogP contribution is -2.17. The van der Waals surface area contributed by atoms with Gasteiger partial charge >= 0.3 is 0 Å². The summed E-state index contributed by atoms with van der Waals surface area (Å²) in [4.78, 5) is 19.2. The van der Waals surface area contributed by atoms with Gasteiger partial charge in [0.25, 0.3) is 15.7 Å². The Labute approximate surface area is 188 Å². The van der Waals surface area contributed by atoms with E-state index in [9.17, 15) is 18.5 Å². The SMILES string of the molecule is Cc1ccc([N+](=O)[O-])cc1S(=O)(=O)Nc1nc2ccccc2nc1Nc1ccc(Cl)cc1. The van der Waals surface area contributed by atoms with Crippen LogP contribution in [0.1, 0.15) is 5.56 Å². The molecule has 0 atom stereocenters. The van der Waals surface area contributed by atoms with E-state index in [1.165, 1.54) is 12.1 Å². The Hall–Kier alpha value is -3.76. The van der Waals surface area contributed by atoms with E-state index in [2.05, 4.69) is 20.0 Å². The number of nitro benzene ring substituents is 1. The molecular formula is C21H16ClN5O4S. The van der Waals surface area contributed by atoms with Gasteiger partial charge in [0.1, 0.15) is 0 Å². The molecule has 1 aromatic heterocycles. The molecule has 2 N–H and O–H groups in total. The molecule has 0 bridgehead atoms. The Bertz CT molecular complexity index is 1440. The zero-order valence-corrected chi connectivity index (χ0v) is 18.2. The van der Waals surface area contributed by atoms with E-state index in [1.807, 2.05) is 0 Å². The fraction of sp³-hybridized carbons (Fsp3) is 0.0476. The van der Waals surface area contributed by atoms with Crippen molar-refractivity contribution in [2.75, 3.05) is 10.0 Å². The van der Waals surface area contributed by atoms with Crippen LogP contribution in [0.4, 0.5) is 23.0 Å². The number of nitrogens with one attached hydrogen (secondary N) is 2. The number of halogens is 1. The standard InChI is InChI=1S/C21H16ClN5O4S/c1-13-6-11-16(27(28)29)12-19(13)32(30,31)26-21-20(23-15-9-7-14(22)8-10-15)24-17-4-2-3-5-18(17)25-21/h2-12H,1H3,(H,23,24)(H,25,26). The Kier molecular flexibility index (Phi) is 5.64. The second kappa shape index (κ2) is 8.40. The van der Waals surface area contributed by atoms with Gasteiger partial charge in [-0.2, -0.15) is 0 Å². The van der Waals surface area contributed by atoms with Crippen LogP contribution >= 0.6 is 11.6 Å². The highest BCUT2D eigenvalue weighted by molar-refractivity contribution is 7.92. The smallest absolute Gasteiger partial charge is 0.270 e. The quantitative estimate of drug-likeness (QED) is 0.299. The van der Waals surface area contributed by atoms with Gasteiger partial charge in [0, 0.05) is 22.8 Å². The molecule has 32 heavy (non-hydrogen) atoms. The third-order valence-electron chi connectivity index (χ3n) is 4.58. The number of anilines is 3. The van der Waals surface area contributed by atoms with E-state index < -0.39 is 14.9 Å². The third kappa shape index (κ3) is 4.46. The van der Waals surface area contributed by atoms with Gasteiger partial charge in [-0.05, 0) is 48.9 Å². The predicted molar refractivity (Wildman–Crippen MR) is 123 cm³/mol. The number of aromatic nitrogens is 2. The van der Waals surface area contributed by atoms with E-state index in [-0.39, 0.29) is 22.2 Å². The lowest BCUT2D eigenvalue weighted by Gasteiger charge is -2.15. The molecule has 3 aromatic carbocycles. The number of rotatable bonds is 6. The van der Waals surface area contributed by atoms with Crippen LogP contribution < -0.4 is 10.0 Å². The number of nitrogens with zero attached hydrogens (tertiary/aromatic N) is 3. The number of hydrogen-bond acceptors (Lipinski definition) is 7. The lowest BCUT2D eigenvalue weighted by atomic mass is 10.2. The molecule has 0 aliphatic heterocycles. The molecule has 4 rings (SSSR count). The molecule has 0 radical (unpaired) electrons. The second-order valence-electron chi connectivity index (χ2n) is 6.85. The molecule has 0 aliphatic carbocycles. The van der Waals surface area contributed by atoms with Crippen molar-refractivity contribution in [3.8, 4) is 0 Å². The number of benzene rings is 3. The normalized spacial score (nSPS) is 11.3. The summed E-state index contributed by atoms with van der Waals surface area (Å²) in [6.45, 7) is 1.55. The summed E-state index contributed by atoms with van der Waals surface area (Å²) in [5, 5.41) is 14.7. The van der Waals surface area contributed by atoms with E-state index in [0.717, 1.165) is 6.07 Å². The van der Waals surface area contributed by atoms with Crippen LogP contribution in [0.15, 0.2) is 71.6 Å². The highest BCUT2D eigenvalue weighted by atomic mass is 35.5. The van der Waals surface area contributed by atoms with Crippen molar-refractivity contribution < 1.29 is 13.3 Å². The van der Waals surface area contributed by atoms with Gasteiger partial charge in [0.2, 0.25) is 0 Å².